The molecule has 1 N–H and O–H groups in total. The summed E-state index contributed by atoms with van der Waals surface area (Å²) in [6.07, 6.45) is 5.18. The molecular weight excluding hydrogens is 234 g/mol. The van der Waals surface area contributed by atoms with Crippen LogP contribution in [0.3, 0.4) is 0 Å². The highest BCUT2D eigenvalue weighted by atomic mass is 32.2. The van der Waals surface area contributed by atoms with Gasteiger partial charge in [0.2, 0.25) is 0 Å². The van der Waals surface area contributed by atoms with Crippen molar-refractivity contribution < 1.29 is 8.95 Å². The summed E-state index contributed by atoms with van der Waals surface area (Å²) < 4.78 is 18.0. The van der Waals surface area contributed by atoms with Crippen molar-refractivity contribution in [3.8, 4) is 0 Å². The van der Waals surface area contributed by atoms with Gasteiger partial charge in [0.15, 0.2) is 0 Å². The van der Waals surface area contributed by atoms with E-state index in [2.05, 4.69) is 19.2 Å². The van der Waals surface area contributed by atoms with Gasteiger partial charge in [-0.05, 0) is 32.7 Å². The second-order valence-electron chi connectivity index (χ2n) is 4.77. The summed E-state index contributed by atoms with van der Waals surface area (Å²) in [5.74, 6) is 0. The molecule has 102 valence electrons. The van der Waals surface area contributed by atoms with E-state index in [-0.39, 0.29) is 0 Å². The van der Waals surface area contributed by atoms with Crippen molar-refractivity contribution in [2.45, 2.75) is 62.5 Å². The van der Waals surface area contributed by atoms with Gasteiger partial charge in [-0.1, -0.05) is 20.3 Å². The maximum absolute atomic E-state index is 12.6. The van der Waals surface area contributed by atoms with E-state index in [1.807, 2.05) is 7.05 Å². The maximum Gasteiger partial charge on any atom is 0.0501 e. The highest BCUT2D eigenvalue weighted by molar-refractivity contribution is 7.86. The first kappa shape index (κ1) is 15.1. The SMILES string of the molecule is CCCC(NC)C(CC)S(=O)C1CCOCC1. The van der Waals surface area contributed by atoms with E-state index in [4.69, 9.17) is 4.74 Å². The maximum atomic E-state index is 12.6. The monoisotopic (exact) mass is 261 g/mol. The fraction of sp³-hybridized carbons (Fsp3) is 1.00. The summed E-state index contributed by atoms with van der Waals surface area (Å²) in [5.41, 5.74) is 0. The van der Waals surface area contributed by atoms with Crippen molar-refractivity contribution in [3.05, 3.63) is 0 Å². The zero-order valence-corrected chi connectivity index (χ0v) is 12.2. The Morgan fingerprint density at radius 2 is 2.00 bits per heavy atom. The lowest BCUT2D eigenvalue weighted by atomic mass is 10.1. The Labute approximate surface area is 108 Å². The minimum absolute atomic E-state index is 0.294. The van der Waals surface area contributed by atoms with Crippen LogP contribution in [0, 0.1) is 0 Å². The molecule has 0 bridgehead atoms. The van der Waals surface area contributed by atoms with Gasteiger partial charge in [0, 0.05) is 35.3 Å². The highest BCUT2D eigenvalue weighted by Crippen LogP contribution is 2.21. The van der Waals surface area contributed by atoms with Crippen LogP contribution in [0.15, 0.2) is 0 Å². The van der Waals surface area contributed by atoms with Crippen molar-refractivity contribution in [1.82, 2.24) is 5.32 Å². The van der Waals surface area contributed by atoms with Crippen molar-refractivity contribution in [3.63, 3.8) is 0 Å². The lowest BCUT2D eigenvalue weighted by molar-refractivity contribution is 0.0990. The highest BCUT2D eigenvalue weighted by Gasteiger charge is 2.30. The van der Waals surface area contributed by atoms with Gasteiger partial charge in [0.1, 0.15) is 0 Å². The predicted molar refractivity (Wildman–Crippen MR) is 73.8 cm³/mol. The lowest BCUT2D eigenvalue weighted by Crippen LogP contribution is -2.43. The molecular formula is C13H27NO2S. The lowest BCUT2D eigenvalue weighted by Gasteiger charge is -2.30. The molecule has 0 spiro atoms. The number of ether oxygens (including phenoxy) is 1. The second kappa shape index (κ2) is 8.22. The van der Waals surface area contributed by atoms with E-state index in [1.54, 1.807) is 0 Å². The quantitative estimate of drug-likeness (QED) is 0.762. The smallest absolute Gasteiger partial charge is 0.0501 e. The standard InChI is InChI=1S/C13H27NO2S/c1-4-6-12(14-3)13(5-2)17(15)11-7-9-16-10-8-11/h11-14H,4-10H2,1-3H3. The van der Waals surface area contributed by atoms with Gasteiger partial charge >= 0.3 is 0 Å². The molecule has 1 saturated heterocycles. The molecule has 1 aliphatic rings. The third-order valence-corrected chi connectivity index (χ3v) is 6.00. The fourth-order valence-corrected chi connectivity index (χ4v) is 4.67. The Morgan fingerprint density at radius 3 is 2.47 bits per heavy atom. The molecule has 17 heavy (non-hydrogen) atoms. The third kappa shape index (κ3) is 4.34. The van der Waals surface area contributed by atoms with Gasteiger partial charge in [-0.15, -0.1) is 0 Å². The van der Waals surface area contributed by atoms with Crippen LogP contribution in [0.25, 0.3) is 0 Å². The summed E-state index contributed by atoms with van der Waals surface area (Å²) in [6.45, 7) is 5.91. The zero-order chi connectivity index (χ0) is 12.7. The average Bonchev–Trinajstić information content (AvgIpc) is 2.39. The van der Waals surface area contributed by atoms with Gasteiger partial charge in [-0.25, -0.2) is 0 Å². The first-order valence-corrected chi connectivity index (χ1v) is 8.16. The van der Waals surface area contributed by atoms with E-state index in [1.165, 1.54) is 0 Å². The van der Waals surface area contributed by atoms with Crippen molar-refractivity contribution >= 4 is 10.8 Å². The molecule has 0 aliphatic carbocycles. The molecule has 1 fully saturated rings. The van der Waals surface area contributed by atoms with Crippen LogP contribution < -0.4 is 5.32 Å². The fourth-order valence-electron chi connectivity index (χ4n) is 2.59. The molecule has 3 nitrogen and oxygen atoms in total. The molecule has 0 radical (unpaired) electrons. The minimum Gasteiger partial charge on any atom is -0.381 e. The van der Waals surface area contributed by atoms with E-state index in [0.717, 1.165) is 45.3 Å². The van der Waals surface area contributed by atoms with E-state index >= 15 is 0 Å². The van der Waals surface area contributed by atoms with Crippen LogP contribution in [-0.4, -0.2) is 41.0 Å². The second-order valence-corrected chi connectivity index (χ2v) is 6.70. The van der Waals surface area contributed by atoms with Crippen molar-refractivity contribution in [1.29, 1.82) is 0 Å². The number of hydrogen-bond acceptors (Lipinski definition) is 3. The Hall–Kier alpha value is 0.0700. The van der Waals surface area contributed by atoms with Gasteiger partial charge in [-0.3, -0.25) is 4.21 Å². The Balaban J connectivity index is 2.60. The Bertz CT molecular complexity index is 229. The zero-order valence-electron chi connectivity index (χ0n) is 11.4. The van der Waals surface area contributed by atoms with Crippen LogP contribution in [0.4, 0.5) is 0 Å². The van der Waals surface area contributed by atoms with Crippen LogP contribution in [-0.2, 0) is 15.5 Å². The molecule has 0 aromatic heterocycles. The van der Waals surface area contributed by atoms with Crippen LogP contribution in [0.2, 0.25) is 0 Å². The molecule has 0 aromatic carbocycles. The van der Waals surface area contributed by atoms with Crippen LogP contribution >= 0.6 is 0 Å². The van der Waals surface area contributed by atoms with E-state index < -0.39 is 10.8 Å². The van der Waals surface area contributed by atoms with Crippen LogP contribution in [0.1, 0.15) is 46.0 Å². The molecule has 1 heterocycles. The van der Waals surface area contributed by atoms with Crippen LogP contribution in [0.5, 0.6) is 0 Å². The van der Waals surface area contributed by atoms with Crippen molar-refractivity contribution in [2.24, 2.45) is 0 Å². The summed E-state index contributed by atoms with van der Waals surface area (Å²) in [6, 6.07) is 0.397. The molecule has 4 heteroatoms. The van der Waals surface area contributed by atoms with Gasteiger partial charge < -0.3 is 10.1 Å². The molecule has 3 unspecified atom stereocenters. The normalized spacial score (nSPS) is 23.2. The summed E-state index contributed by atoms with van der Waals surface area (Å²) in [7, 11) is 1.27. The minimum atomic E-state index is -0.718. The molecule has 0 amide bonds. The number of hydrogen-bond donors (Lipinski definition) is 1. The third-order valence-electron chi connectivity index (χ3n) is 3.62. The Morgan fingerprint density at radius 1 is 1.35 bits per heavy atom. The average molecular weight is 261 g/mol. The van der Waals surface area contributed by atoms with Crippen molar-refractivity contribution in [2.75, 3.05) is 20.3 Å². The van der Waals surface area contributed by atoms with E-state index in [9.17, 15) is 4.21 Å². The first-order valence-electron chi connectivity index (χ1n) is 6.88. The number of rotatable bonds is 7. The molecule has 0 saturated carbocycles. The molecule has 3 atom stereocenters. The Kier molecular flexibility index (Phi) is 7.32. The van der Waals surface area contributed by atoms with E-state index in [0.29, 0.717) is 16.5 Å². The first-order chi connectivity index (χ1) is 8.24. The van der Waals surface area contributed by atoms with Gasteiger partial charge in [-0.2, -0.15) is 0 Å². The van der Waals surface area contributed by atoms with Gasteiger partial charge in [0.25, 0.3) is 0 Å². The molecule has 1 aliphatic heterocycles. The summed E-state index contributed by atoms with van der Waals surface area (Å²) in [4.78, 5) is 0. The van der Waals surface area contributed by atoms with Gasteiger partial charge in [0.05, 0.1) is 5.25 Å². The largest absolute Gasteiger partial charge is 0.381 e. The topological polar surface area (TPSA) is 38.3 Å². The summed E-state index contributed by atoms with van der Waals surface area (Å²) in [5, 5.41) is 3.99. The summed E-state index contributed by atoms with van der Waals surface area (Å²) >= 11 is 0. The molecule has 1 rings (SSSR count). The predicted octanol–water partition coefficient (Wildman–Crippen LogP) is 2.08. The number of nitrogens with one attached hydrogen (secondary N) is 1. The molecule has 0 aromatic rings.